The zero-order chi connectivity index (χ0) is 14.1. The maximum Gasteiger partial charge on any atom is 0.333 e. The summed E-state index contributed by atoms with van der Waals surface area (Å²) in [6, 6.07) is 0.449. The van der Waals surface area contributed by atoms with Crippen LogP contribution in [-0.4, -0.2) is 50.2 Å². The maximum atomic E-state index is 11.4. The van der Waals surface area contributed by atoms with Crippen molar-refractivity contribution < 1.29 is 9.53 Å². The fourth-order valence-corrected chi connectivity index (χ4v) is 2.48. The Labute approximate surface area is 117 Å². The Kier molecular flexibility index (Phi) is 7.75. The molecular weight excluding hydrogens is 240 g/mol. The van der Waals surface area contributed by atoms with Gasteiger partial charge in [0.25, 0.3) is 0 Å². The predicted octanol–water partition coefficient (Wildman–Crippen LogP) is 1.96. The van der Waals surface area contributed by atoms with Crippen LogP contribution in [0.15, 0.2) is 11.6 Å². The van der Waals surface area contributed by atoms with Crippen LogP contribution in [-0.2, 0) is 9.53 Å². The van der Waals surface area contributed by atoms with Crippen LogP contribution in [0.25, 0.3) is 0 Å². The van der Waals surface area contributed by atoms with Crippen molar-refractivity contribution in [2.24, 2.45) is 0 Å². The third-order valence-electron chi connectivity index (χ3n) is 3.62. The molecule has 4 heteroatoms. The number of ether oxygens (including phenoxy) is 1. The monoisotopic (exact) mass is 268 g/mol. The van der Waals surface area contributed by atoms with Gasteiger partial charge in [-0.15, -0.1) is 0 Å². The summed E-state index contributed by atoms with van der Waals surface area (Å²) in [5, 5.41) is 3.45. The molecular formula is C15H28N2O2. The van der Waals surface area contributed by atoms with Gasteiger partial charge in [0.05, 0.1) is 7.11 Å². The number of piperidine rings is 1. The molecule has 0 amide bonds. The van der Waals surface area contributed by atoms with E-state index in [0.29, 0.717) is 6.04 Å². The number of likely N-dealkylation sites (tertiary alicyclic amines) is 1. The normalized spacial score (nSPS) is 19.2. The van der Waals surface area contributed by atoms with Crippen LogP contribution in [0.2, 0.25) is 0 Å². The van der Waals surface area contributed by atoms with Gasteiger partial charge < -0.3 is 15.0 Å². The Morgan fingerprint density at radius 2 is 2.05 bits per heavy atom. The molecule has 0 aromatic rings. The van der Waals surface area contributed by atoms with E-state index < -0.39 is 0 Å². The number of nitrogens with one attached hydrogen (secondary N) is 1. The van der Waals surface area contributed by atoms with E-state index in [2.05, 4.69) is 17.1 Å². The molecule has 4 nitrogen and oxygen atoms in total. The molecule has 1 rings (SSSR count). The van der Waals surface area contributed by atoms with Gasteiger partial charge in [0.15, 0.2) is 0 Å². The van der Waals surface area contributed by atoms with Gasteiger partial charge in [-0.05, 0) is 39.3 Å². The second kappa shape index (κ2) is 9.10. The lowest BCUT2D eigenvalue weighted by atomic mass is 10.1. The summed E-state index contributed by atoms with van der Waals surface area (Å²) in [6.45, 7) is 8.45. The average molecular weight is 268 g/mol. The summed E-state index contributed by atoms with van der Waals surface area (Å²) in [6.07, 6.45) is 6.69. The summed E-state index contributed by atoms with van der Waals surface area (Å²) in [5.74, 6) is -0.215. The highest BCUT2D eigenvalue weighted by atomic mass is 16.5. The number of carbonyl (C=O) groups is 1. The van der Waals surface area contributed by atoms with Crippen LogP contribution in [0, 0.1) is 0 Å². The highest BCUT2D eigenvalue weighted by Gasteiger charge is 2.13. The van der Waals surface area contributed by atoms with Crippen molar-refractivity contribution in [3.63, 3.8) is 0 Å². The Hall–Kier alpha value is -0.870. The molecule has 1 unspecified atom stereocenters. The molecule has 0 saturated carbocycles. The number of hydrogen-bond acceptors (Lipinski definition) is 4. The summed E-state index contributed by atoms with van der Waals surface area (Å²) >= 11 is 0. The van der Waals surface area contributed by atoms with Crippen LogP contribution >= 0.6 is 0 Å². The summed E-state index contributed by atoms with van der Waals surface area (Å²) in [7, 11) is 1.43. The number of carbonyl (C=O) groups excluding carboxylic acids is 1. The van der Waals surface area contributed by atoms with E-state index in [4.69, 9.17) is 4.74 Å². The van der Waals surface area contributed by atoms with Crippen LogP contribution < -0.4 is 5.32 Å². The maximum absolute atomic E-state index is 11.4. The molecule has 1 aliphatic rings. The summed E-state index contributed by atoms with van der Waals surface area (Å²) < 4.78 is 4.74. The molecule has 110 valence electrons. The van der Waals surface area contributed by atoms with Crippen LogP contribution in [0.4, 0.5) is 0 Å². The van der Waals surface area contributed by atoms with E-state index in [1.165, 1.54) is 39.5 Å². The molecule has 0 spiro atoms. The van der Waals surface area contributed by atoms with Gasteiger partial charge in [-0.2, -0.15) is 0 Å². The van der Waals surface area contributed by atoms with Crippen LogP contribution in [0.1, 0.15) is 39.5 Å². The van der Waals surface area contributed by atoms with Gasteiger partial charge in [-0.3, -0.25) is 0 Å². The van der Waals surface area contributed by atoms with Crippen molar-refractivity contribution in [2.75, 3.05) is 33.3 Å². The molecule has 1 N–H and O–H groups in total. The van der Waals surface area contributed by atoms with E-state index in [1.807, 2.05) is 13.0 Å². The van der Waals surface area contributed by atoms with Crippen LogP contribution in [0.3, 0.4) is 0 Å². The van der Waals surface area contributed by atoms with Crippen molar-refractivity contribution >= 4 is 5.97 Å². The third-order valence-corrected chi connectivity index (χ3v) is 3.62. The number of hydrogen-bond donors (Lipinski definition) is 1. The third kappa shape index (κ3) is 6.21. The van der Waals surface area contributed by atoms with E-state index in [9.17, 15) is 4.79 Å². The molecule has 0 radical (unpaired) electrons. The van der Waals surface area contributed by atoms with E-state index >= 15 is 0 Å². The Bertz CT molecular complexity index is 297. The first-order chi connectivity index (χ1) is 9.17. The molecule has 0 aromatic carbocycles. The summed E-state index contributed by atoms with van der Waals surface area (Å²) in [4.78, 5) is 13.9. The smallest absolute Gasteiger partial charge is 0.333 e. The first-order valence-electron chi connectivity index (χ1n) is 7.40. The Morgan fingerprint density at radius 1 is 1.37 bits per heavy atom. The number of rotatable bonds is 7. The fraction of sp³-hybridized carbons (Fsp3) is 0.800. The van der Waals surface area contributed by atoms with Crippen LogP contribution in [0.5, 0.6) is 0 Å². The van der Waals surface area contributed by atoms with Gasteiger partial charge in [0.2, 0.25) is 0 Å². The Morgan fingerprint density at radius 3 is 2.63 bits per heavy atom. The van der Waals surface area contributed by atoms with E-state index in [1.54, 1.807) is 0 Å². The topological polar surface area (TPSA) is 41.6 Å². The molecule has 1 atom stereocenters. The molecule has 1 saturated heterocycles. The van der Waals surface area contributed by atoms with Crippen molar-refractivity contribution in [1.82, 2.24) is 10.2 Å². The predicted molar refractivity (Wildman–Crippen MR) is 78.1 cm³/mol. The quantitative estimate of drug-likeness (QED) is 0.566. The van der Waals surface area contributed by atoms with Gasteiger partial charge >= 0.3 is 5.97 Å². The SMILES string of the molecule is CCC(=CCNC(C)CN1CCCCC1)C(=O)OC. The lowest BCUT2D eigenvalue weighted by molar-refractivity contribution is -0.136. The highest BCUT2D eigenvalue weighted by molar-refractivity contribution is 5.88. The lowest BCUT2D eigenvalue weighted by Crippen LogP contribution is -2.41. The van der Waals surface area contributed by atoms with Crippen molar-refractivity contribution in [3.05, 3.63) is 11.6 Å². The van der Waals surface area contributed by atoms with Crippen molar-refractivity contribution in [3.8, 4) is 0 Å². The lowest BCUT2D eigenvalue weighted by Gasteiger charge is -2.29. The molecule has 1 fully saturated rings. The minimum absolute atomic E-state index is 0.215. The minimum atomic E-state index is -0.215. The zero-order valence-corrected chi connectivity index (χ0v) is 12.6. The highest BCUT2D eigenvalue weighted by Crippen LogP contribution is 2.08. The standard InChI is InChI=1S/C15H28N2O2/c1-4-14(15(18)19-3)8-9-16-13(2)12-17-10-6-5-7-11-17/h8,13,16H,4-7,9-12H2,1-3H3. The van der Waals surface area contributed by atoms with E-state index in [-0.39, 0.29) is 5.97 Å². The minimum Gasteiger partial charge on any atom is -0.466 e. The van der Waals surface area contributed by atoms with Crippen molar-refractivity contribution in [2.45, 2.75) is 45.6 Å². The number of esters is 1. The second-order valence-corrected chi connectivity index (χ2v) is 5.25. The van der Waals surface area contributed by atoms with Gasteiger partial charge in [0.1, 0.15) is 0 Å². The zero-order valence-electron chi connectivity index (χ0n) is 12.6. The molecule has 19 heavy (non-hydrogen) atoms. The molecule has 1 heterocycles. The largest absolute Gasteiger partial charge is 0.466 e. The Balaban J connectivity index is 2.26. The van der Waals surface area contributed by atoms with Crippen molar-refractivity contribution in [1.29, 1.82) is 0 Å². The number of methoxy groups -OCH3 is 1. The second-order valence-electron chi connectivity index (χ2n) is 5.25. The van der Waals surface area contributed by atoms with Gasteiger partial charge in [-0.25, -0.2) is 4.79 Å². The number of nitrogens with zero attached hydrogens (tertiary/aromatic N) is 1. The van der Waals surface area contributed by atoms with Gasteiger partial charge in [-0.1, -0.05) is 19.4 Å². The molecule has 0 aliphatic carbocycles. The summed E-state index contributed by atoms with van der Waals surface area (Å²) in [5.41, 5.74) is 0.750. The molecule has 0 bridgehead atoms. The van der Waals surface area contributed by atoms with E-state index in [0.717, 1.165) is 25.1 Å². The fourth-order valence-electron chi connectivity index (χ4n) is 2.48. The van der Waals surface area contributed by atoms with Gasteiger partial charge in [0, 0.05) is 24.7 Å². The molecule has 1 aliphatic heterocycles. The average Bonchev–Trinajstić information content (AvgIpc) is 2.44. The molecule has 0 aromatic heterocycles. The first kappa shape index (κ1) is 16.2. The first-order valence-corrected chi connectivity index (χ1v) is 7.40.